The lowest BCUT2D eigenvalue weighted by Crippen LogP contribution is -2.36. The van der Waals surface area contributed by atoms with Crippen LogP contribution in [0.1, 0.15) is 10.4 Å². The van der Waals surface area contributed by atoms with E-state index < -0.39 is 38.6 Å². The van der Waals surface area contributed by atoms with E-state index in [-0.39, 0.29) is 28.5 Å². The van der Waals surface area contributed by atoms with Gasteiger partial charge in [0.25, 0.3) is 10.0 Å². The molecule has 1 heterocycles. The molecule has 16 heteroatoms. The zero-order valence-corrected chi connectivity index (χ0v) is 18.5. The summed E-state index contributed by atoms with van der Waals surface area (Å²) in [6, 6.07) is 2.76. The van der Waals surface area contributed by atoms with Crippen molar-refractivity contribution in [3.63, 3.8) is 0 Å². The van der Waals surface area contributed by atoms with Crippen LogP contribution in [0.2, 0.25) is 0 Å². The van der Waals surface area contributed by atoms with Crippen molar-refractivity contribution in [1.29, 1.82) is 0 Å². The first kappa shape index (κ1) is 25.1. The number of hydrogen-bond acceptors (Lipinski definition) is 12. The number of methoxy groups -OCH3 is 4. The number of anilines is 2. The summed E-state index contributed by atoms with van der Waals surface area (Å²) < 4.78 is 45.9. The fraction of sp³-hybridized carbons (Fsp3) is 0.235. The Kier molecular flexibility index (Phi) is 7.92. The van der Waals surface area contributed by atoms with Crippen LogP contribution in [0.3, 0.4) is 0 Å². The largest absolute Gasteiger partial charge is 0.481 e. The van der Waals surface area contributed by atoms with Crippen LogP contribution in [0.4, 0.5) is 21.2 Å². The number of aromatic nitrogens is 2. The average molecular weight is 485 g/mol. The number of nitrogens with zero attached hydrogens (tertiary/aromatic N) is 3. The van der Waals surface area contributed by atoms with E-state index in [1.165, 1.54) is 20.3 Å². The van der Waals surface area contributed by atoms with E-state index in [1.807, 2.05) is 0 Å². The lowest BCUT2D eigenvalue weighted by Gasteiger charge is -2.16. The second-order valence-electron chi connectivity index (χ2n) is 5.79. The quantitative estimate of drug-likeness (QED) is 0.283. The minimum atomic E-state index is -4.66. The average Bonchev–Trinajstić information content (AvgIpc) is 2.81. The minimum Gasteiger partial charge on any atom is -0.481 e. The molecule has 178 valence electrons. The van der Waals surface area contributed by atoms with Crippen molar-refractivity contribution in [3.8, 4) is 11.8 Å². The van der Waals surface area contributed by atoms with E-state index in [9.17, 15) is 28.0 Å². The SMILES string of the molecule is COC(=O)c1cc(N(O)C(=O)OC)ccc1S(=O)(=O)NC(=O)Nc1nc(OC)cc(OC)n1. The van der Waals surface area contributed by atoms with E-state index >= 15 is 0 Å². The van der Waals surface area contributed by atoms with Gasteiger partial charge in [-0.1, -0.05) is 0 Å². The lowest BCUT2D eigenvalue weighted by atomic mass is 10.2. The second kappa shape index (κ2) is 10.4. The predicted molar refractivity (Wildman–Crippen MR) is 109 cm³/mol. The maximum Gasteiger partial charge on any atom is 0.438 e. The van der Waals surface area contributed by atoms with Crippen LogP contribution in [-0.4, -0.2) is 70.1 Å². The Hall–Kier alpha value is -4.18. The third kappa shape index (κ3) is 5.95. The molecule has 0 aliphatic carbocycles. The van der Waals surface area contributed by atoms with Crippen molar-refractivity contribution in [2.24, 2.45) is 0 Å². The summed E-state index contributed by atoms with van der Waals surface area (Å²) in [6.45, 7) is 0. The summed E-state index contributed by atoms with van der Waals surface area (Å²) in [5.41, 5.74) is -0.889. The first-order valence-electron chi connectivity index (χ1n) is 8.66. The van der Waals surface area contributed by atoms with Gasteiger partial charge in [0.1, 0.15) is 4.90 Å². The number of sulfonamides is 1. The smallest absolute Gasteiger partial charge is 0.438 e. The van der Waals surface area contributed by atoms with Gasteiger partial charge in [-0.25, -0.2) is 27.5 Å². The topological polar surface area (TPSA) is 196 Å². The highest BCUT2D eigenvalue weighted by atomic mass is 32.2. The van der Waals surface area contributed by atoms with Gasteiger partial charge < -0.3 is 18.9 Å². The number of carbonyl (C=O) groups excluding carboxylic acids is 3. The van der Waals surface area contributed by atoms with Gasteiger partial charge in [-0.2, -0.15) is 15.0 Å². The van der Waals surface area contributed by atoms with Gasteiger partial charge >= 0.3 is 18.1 Å². The van der Waals surface area contributed by atoms with Crippen molar-refractivity contribution in [1.82, 2.24) is 14.7 Å². The molecule has 0 unspecified atom stereocenters. The number of amides is 3. The van der Waals surface area contributed by atoms with Gasteiger partial charge in [0, 0.05) is 0 Å². The fourth-order valence-corrected chi connectivity index (χ4v) is 3.40. The Morgan fingerprint density at radius 3 is 2.09 bits per heavy atom. The summed E-state index contributed by atoms with van der Waals surface area (Å²) in [5.74, 6) is -1.40. The van der Waals surface area contributed by atoms with Crippen molar-refractivity contribution >= 4 is 39.8 Å². The minimum absolute atomic E-state index is 0.0303. The molecule has 0 radical (unpaired) electrons. The van der Waals surface area contributed by atoms with Crippen molar-refractivity contribution in [2.45, 2.75) is 4.90 Å². The molecule has 1 aromatic heterocycles. The maximum absolute atomic E-state index is 12.8. The van der Waals surface area contributed by atoms with Crippen molar-refractivity contribution in [3.05, 3.63) is 29.8 Å². The fourth-order valence-electron chi connectivity index (χ4n) is 2.32. The van der Waals surface area contributed by atoms with E-state index in [0.717, 1.165) is 32.4 Å². The molecule has 3 N–H and O–H groups in total. The molecule has 0 atom stereocenters. The van der Waals surface area contributed by atoms with E-state index in [0.29, 0.717) is 0 Å². The summed E-state index contributed by atoms with van der Waals surface area (Å²) in [6.07, 6.45) is -1.20. The first-order valence-corrected chi connectivity index (χ1v) is 10.1. The molecule has 2 rings (SSSR count). The Morgan fingerprint density at radius 2 is 1.58 bits per heavy atom. The Labute approximate surface area is 187 Å². The Balaban J connectivity index is 2.36. The number of benzene rings is 1. The molecule has 33 heavy (non-hydrogen) atoms. The number of carbonyl (C=O) groups is 3. The Morgan fingerprint density at radius 1 is 0.970 bits per heavy atom. The summed E-state index contributed by atoms with van der Waals surface area (Å²) in [5, 5.41) is 11.9. The molecule has 0 fully saturated rings. The number of esters is 1. The highest BCUT2D eigenvalue weighted by Crippen LogP contribution is 2.24. The normalized spacial score (nSPS) is 10.6. The van der Waals surface area contributed by atoms with Gasteiger partial charge in [0.15, 0.2) is 0 Å². The van der Waals surface area contributed by atoms with E-state index in [1.54, 1.807) is 4.72 Å². The molecule has 0 saturated carbocycles. The van der Waals surface area contributed by atoms with Crippen LogP contribution in [0.25, 0.3) is 0 Å². The molecule has 1 aromatic carbocycles. The third-order valence-corrected chi connectivity index (χ3v) is 5.19. The van der Waals surface area contributed by atoms with Gasteiger partial charge in [0.2, 0.25) is 17.7 Å². The van der Waals surface area contributed by atoms with Gasteiger partial charge in [-0.15, -0.1) is 0 Å². The highest BCUT2D eigenvalue weighted by Gasteiger charge is 2.27. The van der Waals surface area contributed by atoms with Gasteiger partial charge in [-0.05, 0) is 18.2 Å². The van der Waals surface area contributed by atoms with Crippen LogP contribution < -0.4 is 24.6 Å². The molecular formula is C17H19N5O10S. The van der Waals surface area contributed by atoms with Gasteiger partial charge in [0.05, 0.1) is 45.8 Å². The molecule has 0 saturated heterocycles. The third-order valence-electron chi connectivity index (χ3n) is 3.80. The number of urea groups is 1. The zero-order chi connectivity index (χ0) is 24.8. The van der Waals surface area contributed by atoms with E-state index in [2.05, 4.69) is 24.8 Å². The molecule has 15 nitrogen and oxygen atoms in total. The molecule has 0 aliphatic rings. The molecule has 3 amide bonds. The van der Waals surface area contributed by atoms with Crippen LogP contribution in [0, 0.1) is 0 Å². The van der Waals surface area contributed by atoms with Crippen LogP contribution in [-0.2, 0) is 19.5 Å². The van der Waals surface area contributed by atoms with Crippen molar-refractivity contribution in [2.75, 3.05) is 38.8 Å². The van der Waals surface area contributed by atoms with Crippen LogP contribution in [0.5, 0.6) is 11.8 Å². The highest BCUT2D eigenvalue weighted by molar-refractivity contribution is 7.90. The van der Waals surface area contributed by atoms with E-state index in [4.69, 9.17) is 9.47 Å². The Bertz CT molecular complexity index is 1150. The summed E-state index contributed by atoms with van der Waals surface area (Å²) >= 11 is 0. The molecular weight excluding hydrogens is 466 g/mol. The maximum atomic E-state index is 12.8. The number of hydrogen-bond donors (Lipinski definition) is 3. The first-order chi connectivity index (χ1) is 15.6. The van der Waals surface area contributed by atoms with Crippen molar-refractivity contribution < 1.29 is 47.0 Å². The number of rotatable bonds is 7. The molecule has 2 aromatic rings. The second-order valence-corrected chi connectivity index (χ2v) is 7.44. The number of ether oxygens (including phenoxy) is 4. The summed E-state index contributed by atoms with van der Waals surface area (Å²) in [4.78, 5) is 42.8. The monoisotopic (exact) mass is 485 g/mol. The molecule has 0 aliphatic heterocycles. The molecule has 0 bridgehead atoms. The van der Waals surface area contributed by atoms with Crippen LogP contribution >= 0.6 is 0 Å². The standard InChI is InChI=1S/C17H19N5O10S/c1-29-12-8-13(30-2)19-15(18-12)20-16(24)21-33(27,28)11-6-5-9(22(26)17(25)32-4)7-10(11)14(23)31-3/h5-8,26H,1-4H3,(H2,18,19,20,21,24). The van der Waals surface area contributed by atoms with Crippen LogP contribution in [0.15, 0.2) is 29.2 Å². The molecule has 0 spiro atoms. The summed E-state index contributed by atoms with van der Waals surface area (Å²) in [7, 11) is -0.0696. The predicted octanol–water partition coefficient (Wildman–Crippen LogP) is 0.753. The zero-order valence-electron chi connectivity index (χ0n) is 17.7. The number of nitrogens with one attached hydrogen (secondary N) is 2. The lowest BCUT2D eigenvalue weighted by molar-refractivity contribution is 0.0596. The van der Waals surface area contributed by atoms with Gasteiger partial charge in [-0.3, -0.25) is 10.5 Å². The number of hydroxylamine groups is 1.